The van der Waals surface area contributed by atoms with E-state index in [0.717, 1.165) is 11.1 Å². The van der Waals surface area contributed by atoms with Crippen LogP contribution in [0, 0.1) is 6.92 Å². The monoisotopic (exact) mass is 407 g/mol. The molecule has 0 saturated carbocycles. The first-order valence-electron chi connectivity index (χ1n) is 8.90. The molecule has 8 nitrogen and oxygen atoms in total. The van der Waals surface area contributed by atoms with E-state index in [-0.39, 0.29) is 17.6 Å². The second-order valence-electron chi connectivity index (χ2n) is 6.60. The minimum Gasteiger partial charge on any atom is -0.348 e. The molecule has 1 aromatic carbocycles. The Kier molecular flexibility index (Phi) is 5.09. The predicted molar refractivity (Wildman–Crippen MR) is 112 cm³/mol. The molecule has 146 valence electrons. The van der Waals surface area contributed by atoms with Crippen molar-refractivity contribution in [2.24, 2.45) is 12.1 Å². The Morgan fingerprint density at radius 1 is 1.28 bits per heavy atom. The number of aryl methyl sites for hydroxylation is 2. The molecule has 0 unspecified atom stereocenters. The first-order valence-corrected chi connectivity index (χ1v) is 9.28. The van der Waals surface area contributed by atoms with E-state index in [9.17, 15) is 4.79 Å². The Balaban J connectivity index is 1.60. The summed E-state index contributed by atoms with van der Waals surface area (Å²) < 4.78 is 3.42. The fourth-order valence-electron chi connectivity index (χ4n) is 3.02. The molecule has 0 aliphatic heterocycles. The molecule has 0 spiro atoms. The zero-order valence-electron chi connectivity index (χ0n) is 15.9. The number of carbonyl (C=O) groups is 1. The molecule has 3 heterocycles. The standard InChI is InChI=1S/C20H18ClN7O/c1-13-5-3-6-14(9-13)10-23-26-18-17-19(25-20(21)24-18)28(12-22-17)11-16(29)15-7-4-8-27(15)2/h3-10,12H,11H2,1-2H3,(H,24,25,26)/b23-10+. The molecule has 3 aromatic heterocycles. The number of nitrogens with zero attached hydrogens (tertiary/aromatic N) is 6. The number of Topliss-reactive ketones (excluding diaryl/α,β-unsaturated/α-hetero) is 1. The second kappa shape index (κ2) is 7.84. The molecular weight excluding hydrogens is 390 g/mol. The van der Waals surface area contributed by atoms with Gasteiger partial charge in [0.15, 0.2) is 22.8 Å². The maximum absolute atomic E-state index is 12.6. The molecule has 0 amide bonds. The summed E-state index contributed by atoms with van der Waals surface area (Å²) in [6.07, 6.45) is 5.06. The lowest BCUT2D eigenvalue weighted by Crippen LogP contribution is -2.13. The Labute approximate surface area is 171 Å². The summed E-state index contributed by atoms with van der Waals surface area (Å²) in [5.41, 5.74) is 6.51. The van der Waals surface area contributed by atoms with Crippen LogP contribution in [0.25, 0.3) is 11.2 Å². The number of hydrogen-bond donors (Lipinski definition) is 1. The van der Waals surface area contributed by atoms with Crippen molar-refractivity contribution >= 4 is 40.6 Å². The van der Waals surface area contributed by atoms with E-state index >= 15 is 0 Å². The quantitative estimate of drug-likeness (QED) is 0.229. The van der Waals surface area contributed by atoms with Gasteiger partial charge in [0, 0.05) is 13.2 Å². The van der Waals surface area contributed by atoms with E-state index in [2.05, 4.69) is 25.5 Å². The summed E-state index contributed by atoms with van der Waals surface area (Å²) in [4.78, 5) is 25.3. The molecule has 0 saturated heterocycles. The smallest absolute Gasteiger partial charge is 0.226 e. The van der Waals surface area contributed by atoms with Crippen LogP contribution in [0.3, 0.4) is 0 Å². The lowest BCUT2D eigenvalue weighted by Gasteiger charge is -2.06. The number of imidazole rings is 1. The number of rotatable bonds is 6. The number of fused-ring (bicyclic) bond motifs is 1. The third kappa shape index (κ3) is 4.02. The van der Waals surface area contributed by atoms with Crippen LogP contribution >= 0.6 is 11.6 Å². The van der Waals surface area contributed by atoms with Crippen molar-refractivity contribution in [3.63, 3.8) is 0 Å². The summed E-state index contributed by atoms with van der Waals surface area (Å²) in [5, 5.41) is 4.26. The topological polar surface area (TPSA) is 90.0 Å². The van der Waals surface area contributed by atoms with Crippen LogP contribution in [0.5, 0.6) is 0 Å². The molecule has 4 rings (SSSR count). The largest absolute Gasteiger partial charge is 0.348 e. The fraction of sp³-hybridized carbons (Fsp3) is 0.150. The van der Waals surface area contributed by atoms with E-state index in [1.54, 1.807) is 27.7 Å². The summed E-state index contributed by atoms with van der Waals surface area (Å²) in [5.74, 6) is 0.312. The molecule has 0 aliphatic rings. The van der Waals surface area contributed by atoms with Crippen molar-refractivity contribution in [3.05, 3.63) is 71.0 Å². The van der Waals surface area contributed by atoms with Gasteiger partial charge in [-0.05, 0) is 36.2 Å². The van der Waals surface area contributed by atoms with Crippen LogP contribution in [-0.4, -0.2) is 36.1 Å². The van der Waals surface area contributed by atoms with Crippen molar-refractivity contribution in [2.75, 3.05) is 5.43 Å². The molecule has 0 bridgehead atoms. The highest BCUT2D eigenvalue weighted by Crippen LogP contribution is 2.21. The lowest BCUT2D eigenvalue weighted by atomic mass is 10.2. The van der Waals surface area contributed by atoms with Crippen molar-refractivity contribution in [3.8, 4) is 0 Å². The van der Waals surface area contributed by atoms with E-state index in [1.807, 2.05) is 50.5 Å². The highest BCUT2D eigenvalue weighted by molar-refractivity contribution is 6.28. The van der Waals surface area contributed by atoms with Crippen molar-refractivity contribution < 1.29 is 4.79 Å². The average Bonchev–Trinajstić information content (AvgIpc) is 3.28. The number of benzene rings is 1. The first kappa shape index (κ1) is 18.8. The minimum absolute atomic E-state index is 0.0406. The number of aromatic nitrogens is 5. The number of ketones is 1. The fourth-order valence-corrected chi connectivity index (χ4v) is 3.18. The molecular formula is C20H18ClN7O. The van der Waals surface area contributed by atoms with Gasteiger partial charge in [-0.2, -0.15) is 15.1 Å². The van der Waals surface area contributed by atoms with Crippen LogP contribution in [0.4, 0.5) is 5.82 Å². The van der Waals surface area contributed by atoms with E-state index in [4.69, 9.17) is 11.6 Å². The number of hydrazone groups is 1. The van der Waals surface area contributed by atoms with Crippen LogP contribution < -0.4 is 5.43 Å². The van der Waals surface area contributed by atoms with Gasteiger partial charge in [0.2, 0.25) is 5.28 Å². The van der Waals surface area contributed by atoms with Gasteiger partial charge < -0.3 is 9.13 Å². The third-order valence-electron chi connectivity index (χ3n) is 4.41. The van der Waals surface area contributed by atoms with E-state index < -0.39 is 0 Å². The van der Waals surface area contributed by atoms with Crippen LogP contribution in [0.15, 0.2) is 54.0 Å². The SMILES string of the molecule is Cc1cccc(/C=N/Nc2nc(Cl)nc3c2ncn3CC(=O)c2cccn2C)c1. The minimum atomic E-state index is -0.0569. The van der Waals surface area contributed by atoms with Crippen molar-refractivity contribution in [1.82, 2.24) is 24.1 Å². The highest BCUT2D eigenvalue weighted by Gasteiger charge is 2.16. The Morgan fingerprint density at radius 2 is 2.14 bits per heavy atom. The summed E-state index contributed by atoms with van der Waals surface area (Å²) in [6, 6.07) is 11.5. The first-order chi connectivity index (χ1) is 14.0. The third-order valence-corrected chi connectivity index (χ3v) is 4.58. The number of carbonyl (C=O) groups excluding carboxylic acids is 1. The Hall–Kier alpha value is -3.52. The number of halogens is 1. The van der Waals surface area contributed by atoms with Crippen molar-refractivity contribution in [2.45, 2.75) is 13.5 Å². The summed E-state index contributed by atoms with van der Waals surface area (Å²) >= 11 is 6.09. The van der Waals surface area contributed by atoms with Gasteiger partial charge in [-0.15, -0.1) is 0 Å². The van der Waals surface area contributed by atoms with Crippen LogP contribution in [0.2, 0.25) is 5.28 Å². The molecule has 0 fully saturated rings. The van der Waals surface area contributed by atoms with E-state index in [1.165, 1.54) is 0 Å². The van der Waals surface area contributed by atoms with Gasteiger partial charge in [0.25, 0.3) is 0 Å². The number of nitrogens with one attached hydrogen (secondary N) is 1. The zero-order chi connectivity index (χ0) is 20.4. The maximum Gasteiger partial charge on any atom is 0.226 e. The summed E-state index contributed by atoms with van der Waals surface area (Å²) in [7, 11) is 1.83. The van der Waals surface area contributed by atoms with Gasteiger partial charge in [0.05, 0.1) is 24.8 Å². The molecule has 4 aromatic rings. The predicted octanol–water partition coefficient (Wildman–Crippen LogP) is 3.46. The number of anilines is 1. The normalized spacial score (nSPS) is 11.4. The van der Waals surface area contributed by atoms with E-state index in [0.29, 0.717) is 22.7 Å². The Bertz CT molecular complexity index is 1220. The maximum atomic E-state index is 12.6. The zero-order valence-corrected chi connectivity index (χ0v) is 16.6. The second-order valence-corrected chi connectivity index (χ2v) is 6.94. The average molecular weight is 408 g/mol. The van der Waals surface area contributed by atoms with Gasteiger partial charge in [-0.3, -0.25) is 10.2 Å². The molecule has 0 aliphatic carbocycles. The van der Waals surface area contributed by atoms with Gasteiger partial charge in [0.1, 0.15) is 0 Å². The molecule has 1 N–H and O–H groups in total. The van der Waals surface area contributed by atoms with Crippen molar-refractivity contribution in [1.29, 1.82) is 0 Å². The Morgan fingerprint density at radius 3 is 2.90 bits per heavy atom. The summed E-state index contributed by atoms with van der Waals surface area (Å²) in [6.45, 7) is 2.11. The molecule has 29 heavy (non-hydrogen) atoms. The highest BCUT2D eigenvalue weighted by atomic mass is 35.5. The number of hydrogen-bond acceptors (Lipinski definition) is 6. The lowest BCUT2D eigenvalue weighted by molar-refractivity contribution is 0.0965. The molecule has 9 heteroatoms. The molecule has 0 radical (unpaired) electrons. The van der Waals surface area contributed by atoms with Gasteiger partial charge >= 0.3 is 0 Å². The molecule has 0 atom stereocenters. The van der Waals surface area contributed by atoms with Crippen LogP contribution in [-0.2, 0) is 13.6 Å². The van der Waals surface area contributed by atoms with Gasteiger partial charge in [-0.1, -0.05) is 29.8 Å². The van der Waals surface area contributed by atoms with Gasteiger partial charge in [-0.25, -0.2) is 4.98 Å². The van der Waals surface area contributed by atoms with Crippen LogP contribution in [0.1, 0.15) is 21.6 Å².